The first kappa shape index (κ1) is 16.6. The molecule has 0 fully saturated rings. The molecule has 1 aromatic carbocycles. The van der Waals surface area contributed by atoms with Crippen molar-refractivity contribution in [1.82, 2.24) is 10.3 Å². The van der Waals surface area contributed by atoms with Gasteiger partial charge in [0.1, 0.15) is 5.69 Å². The monoisotopic (exact) mass is 302 g/mol. The number of benzene rings is 1. The van der Waals surface area contributed by atoms with E-state index in [4.69, 9.17) is 4.74 Å². The van der Waals surface area contributed by atoms with Gasteiger partial charge in [-0.05, 0) is 29.5 Å². The number of carbonyl (C=O) groups excluding carboxylic acids is 1. The van der Waals surface area contributed by atoms with Gasteiger partial charge in [0, 0.05) is 18.0 Å². The first-order valence-corrected chi connectivity index (χ1v) is 7.84. The normalized spacial score (nSPS) is 13.0. The topological polar surface area (TPSA) is 54.1 Å². The number of fused-ring (bicyclic) bond motifs is 1. The molecule has 0 radical (unpaired) electrons. The second kappa shape index (κ2) is 6.97. The molecule has 2 aromatic rings. The highest BCUT2D eigenvalue weighted by molar-refractivity contribution is 5.98. The minimum Gasteiger partial charge on any atom is -0.383 e. The summed E-state index contributed by atoms with van der Waals surface area (Å²) in [6.07, 6.45) is 0. The summed E-state index contributed by atoms with van der Waals surface area (Å²) in [5.41, 5.74) is 2.86. The number of nitrogens with one attached hydrogen (secondary N) is 2. The van der Waals surface area contributed by atoms with Crippen LogP contribution < -0.4 is 5.32 Å². The summed E-state index contributed by atoms with van der Waals surface area (Å²) in [4.78, 5) is 15.6. The fourth-order valence-electron chi connectivity index (χ4n) is 2.45. The Kier molecular flexibility index (Phi) is 5.24. The van der Waals surface area contributed by atoms with Gasteiger partial charge in [-0.2, -0.15) is 0 Å². The molecule has 2 rings (SSSR count). The number of aromatic nitrogens is 1. The lowest BCUT2D eigenvalue weighted by molar-refractivity contribution is 0.0862. The zero-order chi connectivity index (χ0) is 16.3. The Labute approximate surface area is 132 Å². The minimum absolute atomic E-state index is 0.00939. The average molecular weight is 302 g/mol. The van der Waals surface area contributed by atoms with Crippen LogP contribution in [0, 0.1) is 5.92 Å². The van der Waals surface area contributed by atoms with E-state index >= 15 is 0 Å². The summed E-state index contributed by atoms with van der Waals surface area (Å²) in [5, 5.41) is 4.09. The van der Waals surface area contributed by atoms with Crippen LogP contribution in [0.2, 0.25) is 0 Å². The van der Waals surface area contributed by atoms with Gasteiger partial charge in [-0.15, -0.1) is 0 Å². The molecule has 4 nitrogen and oxygen atoms in total. The lowest BCUT2D eigenvalue weighted by Crippen LogP contribution is -2.41. The number of carbonyl (C=O) groups is 1. The third kappa shape index (κ3) is 3.69. The maximum Gasteiger partial charge on any atom is 0.268 e. The summed E-state index contributed by atoms with van der Waals surface area (Å²) < 4.78 is 5.18. The lowest BCUT2D eigenvalue weighted by atomic mass is 10.0. The van der Waals surface area contributed by atoms with E-state index in [1.54, 1.807) is 7.11 Å². The van der Waals surface area contributed by atoms with Crippen LogP contribution in [-0.4, -0.2) is 30.6 Å². The van der Waals surface area contributed by atoms with Crippen molar-refractivity contribution in [2.24, 2.45) is 5.92 Å². The van der Waals surface area contributed by atoms with Crippen molar-refractivity contribution in [2.45, 2.75) is 39.7 Å². The highest BCUT2D eigenvalue weighted by Crippen LogP contribution is 2.22. The number of methoxy groups -OCH3 is 1. The van der Waals surface area contributed by atoms with Gasteiger partial charge >= 0.3 is 0 Å². The van der Waals surface area contributed by atoms with Gasteiger partial charge in [-0.1, -0.05) is 39.8 Å². The van der Waals surface area contributed by atoms with Gasteiger partial charge in [-0.3, -0.25) is 4.79 Å². The highest BCUT2D eigenvalue weighted by atomic mass is 16.5. The van der Waals surface area contributed by atoms with Crippen LogP contribution in [0.15, 0.2) is 24.3 Å². The summed E-state index contributed by atoms with van der Waals surface area (Å²) in [5.74, 6) is 0.705. The van der Waals surface area contributed by atoms with E-state index in [1.165, 1.54) is 5.56 Å². The Balaban J connectivity index is 2.21. The molecule has 0 aliphatic heterocycles. The number of aromatic amines is 1. The quantitative estimate of drug-likeness (QED) is 0.855. The van der Waals surface area contributed by atoms with E-state index in [1.807, 2.05) is 6.07 Å². The summed E-state index contributed by atoms with van der Waals surface area (Å²) in [6.45, 7) is 8.99. The third-order valence-electron chi connectivity index (χ3n) is 4.03. The Bertz CT molecular complexity index is 644. The largest absolute Gasteiger partial charge is 0.383 e. The van der Waals surface area contributed by atoms with Crippen LogP contribution in [0.5, 0.6) is 0 Å². The molecule has 0 saturated heterocycles. The first-order valence-electron chi connectivity index (χ1n) is 7.84. The second-order valence-corrected chi connectivity index (χ2v) is 6.46. The van der Waals surface area contributed by atoms with Gasteiger partial charge in [0.05, 0.1) is 12.6 Å². The van der Waals surface area contributed by atoms with Crippen LogP contribution >= 0.6 is 0 Å². The Hall–Kier alpha value is -1.81. The number of amides is 1. The molecular weight excluding hydrogens is 276 g/mol. The Morgan fingerprint density at radius 3 is 2.55 bits per heavy atom. The molecule has 120 valence electrons. The van der Waals surface area contributed by atoms with Gasteiger partial charge in [0.2, 0.25) is 0 Å². The molecule has 22 heavy (non-hydrogen) atoms. The van der Waals surface area contributed by atoms with E-state index in [2.05, 4.69) is 56.2 Å². The predicted molar refractivity (Wildman–Crippen MR) is 90.4 cm³/mol. The van der Waals surface area contributed by atoms with Crippen molar-refractivity contribution >= 4 is 16.8 Å². The summed E-state index contributed by atoms with van der Waals surface area (Å²) in [7, 11) is 1.65. The van der Waals surface area contributed by atoms with Crippen LogP contribution in [0.4, 0.5) is 0 Å². The van der Waals surface area contributed by atoms with E-state index in [0.717, 1.165) is 10.9 Å². The lowest BCUT2D eigenvalue weighted by Gasteiger charge is -2.21. The molecule has 1 amide bonds. The smallest absolute Gasteiger partial charge is 0.268 e. The van der Waals surface area contributed by atoms with Crippen LogP contribution in [0.3, 0.4) is 0 Å². The number of ether oxygens (including phenoxy) is 1. The number of H-pyrrole nitrogens is 1. The molecule has 0 aliphatic rings. The molecule has 1 unspecified atom stereocenters. The number of rotatable bonds is 6. The predicted octanol–water partition coefficient (Wildman–Crippen LogP) is 3.69. The first-order chi connectivity index (χ1) is 10.4. The van der Waals surface area contributed by atoms with E-state index < -0.39 is 0 Å². The maximum atomic E-state index is 12.4. The van der Waals surface area contributed by atoms with Crippen molar-refractivity contribution in [2.75, 3.05) is 13.7 Å². The summed E-state index contributed by atoms with van der Waals surface area (Å²) >= 11 is 0. The molecule has 0 spiro atoms. The van der Waals surface area contributed by atoms with Crippen molar-refractivity contribution in [3.63, 3.8) is 0 Å². The molecule has 2 N–H and O–H groups in total. The van der Waals surface area contributed by atoms with Crippen molar-refractivity contribution in [3.8, 4) is 0 Å². The fourth-order valence-corrected chi connectivity index (χ4v) is 2.45. The Morgan fingerprint density at radius 1 is 1.23 bits per heavy atom. The van der Waals surface area contributed by atoms with Crippen LogP contribution in [-0.2, 0) is 4.74 Å². The molecule has 1 heterocycles. The second-order valence-electron chi connectivity index (χ2n) is 6.46. The molecular formula is C18H26N2O2. The average Bonchev–Trinajstić information content (AvgIpc) is 2.89. The van der Waals surface area contributed by atoms with Crippen molar-refractivity contribution in [3.05, 3.63) is 35.5 Å². The molecule has 1 atom stereocenters. The van der Waals surface area contributed by atoms with Gasteiger partial charge in [0.25, 0.3) is 5.91 Å². The number of hydrogen-bond donors (Lipinski definition) is 2. The molecule has 4 heteroatoms. The van der Waals surface area contributed by atoms with E-state index in [9.17, 15) is 4.79 Å². The SMILES string of the molecule is COCC(NC(=O)c1cc2ccc(C(C)C)cc2[nH]1)C(C)C. The van der Waals surface area contributed by atoms with Gasteiger partial charge in [-0.25, -0.2) is 0 Å². The zero-order valence-corrected chi connectivity index (χ0v) is 14.1. The van der Waals surface area contributed by atoms with E-state index in [-0.39, 0.29) is 11.9 Å². The molecule has 0 aliphatic carbocycles. The van der Waals surface area contributed by atoms with Crippen molar-refractivity contribution in [1.29, 1.82) is 0 Å². The van der Waals surface area contributed by atoms with Crippen molar-refractivity contribution < 1.29 is 9.53 Å². The molecule has 1 aromatic heterocycles. The minimum atomic E-state index is -0.0851. The molecule has 0 saturated carbocycles. The standard InChI is InChI=1S/C18H26N2O2/c1-11(2)13-6-7-14-9-16(19-15(14)8-13)18(21)20-17(10-22-5)12(3)4/h6-9,11-12,17,19H,10H2,1-5H3,(H,20,21). The van der Waals surface area contributed by atoms with Gasteiger partial charge in [0.15, 0.2) is 0 Å². The Morgan fingerprint density at radius 2 is 1.95 bits per heavy atom. The molecule has 0 bridgehead atoms. The fraction of sp³-hybridized carbons (Fsp3) is 0.500. The summed E-state index contributed by atoms with van der Waals surface area (Å²) in [6, 6.07) is 8.21. The van der Waals surface area contributed by atoms with Crippen LogP contribution in [0.1, 0.15) is 49.7 Å². The highest BCUT2D eigenvalue weighted by Gasteiger charge is 2.18. The zero-order valence-electron chi connectivity index (χ0n) is 14.1. The van der Waals surface area contributed by atoms with Gasteiger partial charge < -0.3 is 15.0 Å². The number of hydrogen-bond acceptors (Lipinski definition) is 2. The van der Waals surface area contributed by atoms with E-state index in [0.29, 0.717) is 24.1 Å². The third-order valence-corrected chi connectivity index (χ3v) is 4.03. The maximum absolute atomic E-state index is 12.4. The van der Waals surface area contributed by atoms with Crippen LogP contribution in [0.25, 0.3) is 10.9 Å².